The molecule has 1 aliphatic rings. The zero-order chi connectivity index (χ0) is 18.8. The second-order valence-corrected chi connectivity index (χ2v) is 7.64. The minimum atomic E-state index is -0.237. The predicted molar refractivity (Wildman–Crippen MR) is 103 cm³/mol. The molecule has 1 aliphatic heterocycles. The zero-order valence-electron chi connectivity index (χ0n) is 15.1. The number of amides is 1. The molecular formula is C21H20FN3OS. The smallest absolute Gasteiger partial charge is 0.266 e. The van der Waals surface area contributed by atoms with Crippen LogP contribution in [0, 0.1) is 12.7 Å². The quantitative estimate of drug-likeness (QED) is 0.666. The fraction of sp³-hybridized carbons (Fsp3) is 0.286. The third kappa shape index (κ3) is 3.76. The molecule has 27 heavy (non-hydrogen) atoms. The van der Waals surface area contributed by atoms with Crippen molar-refractivity contribution in [3.63, 3.8) is 0 Å². The van der Waals surface area contributed by atoms with Crippen molar-refractivity contribution in [1.29, 1.82) is 0 Å². The first-order valence-corrected chi connectivity index (χ1v) is 9.91. The molecule has 0 aliphatic carbocycles. The van der Waals surface area contributed by atoms with E-state index in [1.54, 1.807) is 17.6 Å². The maximum absolute atomic E-state index is 13.1. The van der Waals surface area contributed by atoms with Gasteiger partial charge in [-0.2, -0.15) is 0 Å². The zero-order valence-corrected chi connectivity index (χ0v) is 15.9. The Kier molecular flexibility index (Phi) is 4.99. The number of hydrogen-bond acceptors (Lipinski definition) is 4. The van der Waals surface area contributed by atoms with Crippen molar-refractivity contribution in [2.75, 3.05) is 6.54 Å². The fourth-order valence-corrected chi connectivity index (χ4v) is 4.31. The van der Waals surface area contributed by atoms with Crippen LogP contribution in [0.2, 0.25) is 0 Å². The topological polar surface area (TPSA) is 46.1 Å². The summed E-state index contributed by atoms with van der Waals surface area (Å²) in [5.74, 6) is -0.192. The molecule has 0 saturated carbocycles. The number of carbonyl (C=O) groups is 1. The summed E-state index contributed by atoms with van der Waals surface area (Å²) in [4.78, 5) is 24.6. The van der Waals surface area contributed by atoms with Gasteiger partial charge in [-0.05, 0) is 49.6 Å². The van der Waals surface area contributed by atoms with Gasteiger partial charge in [0.05, 0.1) is 22.9 Å². The maximum atomic E-state index is 13.1. The van der Waals surface area contributed by atoms with Crippen LogP contribution in [0.15, 0.2) is 48.0 Å². The van der Waals surface area contributed by atoms with Crippen LogP contribution in [-0.4, -0.2) is 27.3 Å². The molecule has 0 N–H and O–H groups in total. The average molecular weight is 381 g/mol. The van der Waals surface area contributed by atoms with Gasteiger partial charge in [0.25, 0.3) is 5.91 Å². The molecule has 1 atom stereocenters. The highest BCUT2D eigenvalue weighted by atomic mass is 32.1. The number of rotatable bonds is 4. The molecule has 1 aromatic carbocycles. The molecule has 1 fully saturated rings. The van der Waals surface area contributed by atoms with Crippen molar-refractivity contribution in [3.8, 4) is 0 Å². The fourth-order valence-electron chi connectivity index (χ4n) is 3.55. The molecule has 1 amide bonds. The lowest BCUT2D eigenvalue weighted by atomic mass is 10.1. The summed E-state index contributed by atoms with van der Waals surface area (Å²) in [7, 11) is 0. The van der Waals surface area contributed by atoms with E-state index in [0.717, 1.165) is 42.0 Å². The molecule has 2 aromatic heterocycles. The molecule has 0 spiro atoms. The van der Waals surface area contributed by atoms with Crippen LogP contribution >= 0.6 is 11.3 Å². The Labute approximate surface area is 161 Å². The minimum absolute atomic E-state index is 0.00725. The number of halogens is 1. The number of pyridine rings is 1. The SMILES string of the molecule is Cc1ncsc1C(=O)N1CCC[C@H]1c1cccc(Cc2ccc(F)cc2)n1. The Morgan fingerprint density at radius 1 is 1.26 bits per heavy atom. The highest BCUT2D eigenvalue weighted by molar-refractivity contribution is 7.11. The lowest BCUT2D eigenvalue weighted by molar-refractivity contribution is 0.0736. The Morgan fingerprint density at radius 3 is 2.81 bits per heavy atom. The van der Waals surface area contributed by atoms with Crippen molar-refractivity contribution < 1.29 is 9.18 Å². The van der Waals surface area contributed by atoms with E-state index in [2.05, 4.69) is 4.98 Å². The summed E-state index contributed by atoms with van der Waals surface area (Å²) in [5, 5.41) is 0. The highest BCUT2D eigenvalue weighted by Crippen LogP contribution is 2.33. The standard InChI is InChI=1S/C21H20FN3OS/c1-14-20(27-13-23-14)21(26)25-11-3-6-19(25)18-5-2-4-17(24-18)12-15-7-9-16(22)10-8-15/h2,4-5,7-10,13,19H,3,6,11-12H2,1H3/t19-/m0/s1. The summed E-state index contributed by atoms with van der Waals surface area (Å²) >= 11 is 1.39. The Balaban J connectivity index is 1.56. The van der Waals surface area contributed by atoms with Crippen LogP contribution in [0.25, 0.3) is 0 Å². The highest BCUT2D eigenvalue weighted by Gasteiger charge is 2.32. The van der Waals surface area contributed by atoms with Gasteiger partial charge in [-0.25, -0.2) is 9.37 Å². The number of thiazole rings is 1. The lowest BCUT2D eigenvalue weighted by Crippen LogP contribution is -2.31. The number of aryl methyl sites for hydroxylation is 1. The van der Waals surface area contributed by atoms with Gasteiger partial charge in [0.15, 0.2) is 0 Å². The second-order valence-electron chi connectivity index (χ2n) is 6.78. The lowest BCUT2D eigenvalue weighted by Gasteiger charge is -2.24. The summed E-state index contributed by atoms with van der Waals surface area (Å²) in [6, 6.07) is 12.4. The van der Waals surface area contributed by atoms with Gasteiger partial charge in [-0.3, -0.25) is 9.78 Å². The van der Waals surface area contributed by atoms with Gasteiger partial charge in [-0.15, -0.1) is 11.3 Å². The Bertz CT molecular complexity index is 954. The number of nitrogens with zero attached hydrogens (tertiary/aromatic N) is 3. The van der Waals surface area contributed by atoms with Crippen LogP contribution in [0.5, 0.6) is 0 Å². The molecule has 3 heterocycles. The van der Waals surface area contributed by atoms with Crippen LogP contribution in [0.4, 0.5) is 4.39 Å². The number of hydrogen-bond donors (Lipinski definition) is 0. The van der Waals surface area contributed by atoms with Gasteiger partial charge < -0.3 is 4.90 Å². The van der Waals surface area contributed by atoms with E-state index in [1.807, 2.05) is 30.0 Å². The van der Waals surface area contributed by atoms with Gasteiger partial charge >= 0.3 is 0 Å². The summed E-state index contributed by atoms with van der Waals surface area (Å²) in [5.41, 5.74) is 5.36. The van der Waals surface area contributed by atoms with Crippen LogP contribution in [0.3, 0.4) is 0 Å². The second kappa shape index (κ2) is 7.56. The number of aromatic nitrogens is 2. The molecule has 4 nitrogen and oxygen atoms in total. The van der Waals surface area contributed by atoms with Crippen molar-refractivity contribution in [3.05, 3.63) is 81.3 Å². The van der Waals surface area contributed by atoms with Crippen molar-refractivity contribution in [2.45, 2.75) is 32.2 Å². The molecule has 0 bridgehead atoms. The van der Waals surface area contributed by atoms with E-state index < -0.39 is 0 Å². The predicted octanol–water partition coefficient (Wildman–Crippen LogP) is 4.55. The average Bonchev–Trinajstić information content (AvgIpc) is 3.32. The first-order valence-electron chi connectivity index (χ1n) is 9.03. The number of carbonyl (C=O) groups excluding carboxylic acids is 1. The van der Waals surface area contributed by atoms with Gasteiger partial charge in [0, 0.05) is 18.7 Å². The third-order valence-corrected chi connectivity index (χ3v) is 5.84. The summed E-state index contributed by atoms with van der Waals surface area (Å²) < 4.78 is 13.1. The van der Waals surface area contributed by atoms with Crippen LogP contribution < -0.4 is 0 Å². The van der Waals surface area contributed by atoms with Crippen molar-refractivity contribution >= 4 is 17.2 Å². The Morgan fingerprint density at radius 2 is 2.07 bits per heavy atom. The molecule has 6 heteroatoms. The molecule has 3 aromatic rings. The van der Waals surface area contributed by atoms with Gasteiger partial charge in [-0.1, -0.05) is 18.2 Å². The monoisotopic (exact) mass is 381 g/mol. The van der Waals surface area contributed by atoms with E-state index in [1.165, 1.54) is 23.5 Å². The minimum Gasteiger partial charge on any atom is -0.329 e. The number of likely N-dealkylation sites (tertiary alicyclic amines) is 1. The summed E-state index contributed by atoms with van der Waals surface area (Å²) in [6.45, 7) is 2.61. The molecule has 4 rings (SSSR count). The molecule has 0 unspecified atom stereocenters. The largest absolute Gasteiger partial charge is 0.329 e. The maximum Gasteiger partial charge on any atom is 0.266 e. The van der Waals surface area contributed by atoms with Crippen LogP contribution in [0.1, 0.15) is 51.2 Å². The normalized spacial score (nSPS) is 16.7. The van der Waals surface area contributed by atoms with E-state index >= 15 is 0 Å². The molecule has 138 valence electrons. The van der Waals surface area contributed by atoms with Gasteiger partial charge in [0.2, 0.25) is 0 Å². The molecule has 1 saturated heterocycles. The Hall–Kier alpha value is -2.60. The third-order valence-electron chi connectivity index (χ3n) is 4.92. The first kappa shape index (κ1) is 17.8. The van der Waals surface area contributed by atoms with Crippen molar-refractivity contribution in [2.24, 2.45) is 0 Å². The van der Waals surface area contributed by atoms with E-state index in [0.29, 0.717) is 11.3 Å². The van der Waals surface area contributed by atoms with Crippen LogP contribution in [-0.2, 0) is 6.42 Å². The van der Waals surface area contributed by atoms with E-state index in [9.17, 15) is 9.18 Å². The van der Waals surface area contributed by atoms with Crippen molar-refractivity contribution in [1.82, 2.24) is 14.9 Å². The molecular weight excluding hydrogens is 361 g/mol. The first-order chi connectivity index (χ1) is 13.1. The van der Waals surface area contributed by atoms with E-state index in [4.69, 9.17) is 4.98 Å². The van der Waals surface area contributed by atoms with E-state index in [-0.39, 0.29) is 17.8 Å². The summed E-state index contributed by atoms with van der Waals surface area (Å²) in [6.07, 6.45) is 2.53. The molecule has 0 radical (unpaired) electrons. The number of benzene rings is 1. The van der Waals surface area contributed by atoms with Gasteiger partial charge in [0.1, 0.15) is 10.7 Å².